The minimum absolute atomic E-state index is 0.197. The number of hydrogen-bond acceptors (Lipinski definition) is 5. The molecule has 0 radical (unpaired) electrons. The molecule has 0 aliphatic carbocycles. The summed E-state index contributed by atoms with van der Waals surface area (Å²) in [7, 11) is -3.47. The van der Waals surface area contributed by atoms with Crippen LogP contribution >= 0.6 is 0 Å². The van der Waals surface area contributed by atoms with Gasteiger partial charge in [-0.3, -0.25) is 9.69 Å². The van der Waals surface area contributed by atoms with Crippen LogP contribution < -0.4 is 10.0 Å². The molecule has 0 atom stereocenters. The summed E-state index contributed by atoms with van der Waals surface area (Å²) in [5.74, 6) is -0.197. The monoisotopic (exact) mass is 470 g/mol. The highest BCUT2D eigenvalue weighted by atomic mass is 32.2. The van der Waals surface area contributed by atoms with E-state index in [9.17, 15) is 13.2 Å². The van der Waals surface area contributed by atoms with Crippen molar-refractivity contribution in [2.75, 3.05) is 39.3 Å². The van der Waals surface area contributed by atoms with Crippen LogP contribution in [-0.4, -0.2) is 63.4 Å². The molecule has 1 fully saturated rings. The van der Waals surface area contributed by atoms with Crippen molar-refractivity contribution >= 4 is 22.0 Å². The van der Waals surface area contributed by atoms with Gasteiger partial charge in [0.05, 0.1) is 4.90 Å². The van der Waals surface area contributed by atoms with Gasteiger partial charge in [0.2, 0.25) is 15.9 Å². The van der Waals surface area contributed by atoms with E-state index in [1.807, 2.05) is 0 Å². The van der Waals surface area contributed by atoms with Crippen molar-refractivity contribution < 1.29 is 13.2 Å². The largest absolute Gasteiger partial charge is 0.348 e. The zero-order valence-corrected chi connectivity index (χ0v) is 20.3. The first-order chi connectivity index (χ1) is 15.9. The predicted octanol–water partition coefficient (Wildman–Crippen LogP) is 2.45. The Kier molecular flexibility index (Phi) is 9.20. The lowest BCUT2D eigenvalue weighted by Gasteiger charge is -2.34. The van der Waals surface area contributed by atoms with E-state index in [-0.39, 0.29) is 10.8 Å². The van der Waals surface area contributed by atoms with Crippen LogP contribution in [0.2, 0.25) is 0 Å². The number of benzene rings is 2. The average Bonchev–Trinajstić information content (AvgIpc) is 2.83. The first-order valence-corrected chi connectivity index (χ1v) is 13.0. The first-order valence-electron chi connectivity index (χ1n) is 11.5. The van der Waals surface area contributed by atoms with Crippen molar-refractivity contribution in [2.45, 2.75) is 31.8 Å². The molecule has 0 saturated carbocycles. The van der Waals surface area contributed by atoms with Crippen molar-refractivity contribution in [3.8, 4) is 0 Å². The summed E-state index contributed by atoms with van der Waals surface area (Å²) in [6.07, 6.45) is 3.12. The molecule has 3 rings (SSSR count). The Morgan fingerprint density at radius 1 is 0.909 bits per heavy atom. The smallest absolute Gasteiger partial charge is 0.244 e. The Labute approximate surface area is 197 Å². The summed E-state index contributed by atoms with van der Waals surface area (Å²) in [5, 5.41) is 2.89. The van der Waals surface area contributed by atoms with E-state index in [1.54, 1.807) is 25.1 Å². The summed E-state index contributed by atoms with van der Waals surface area (Å²) >= 11 is 0. The summed E-state index contributed by atoms with van der Waals surface area (Å²) in [4.78, 5) is 17.3. The summed E-state index contributed by atoms with van der Waals surface area (Å²) < 4.78 is 26.4. The molecule has 0 unspecified atom stereocenters. The van der Waals surface area contributed by atoms with Gasteiger partial charge in [0, 0.05) is 51.9 Å². The minimum Gasteiger partial charge on any atom is -0.348 e. The molecule has 2 aromatic rings. The van der Waals surface area contributed by atoms with Gasteiger partial charge in [-0.05, 0) is 41.4 Å². The molecule has 1 aliphatic rings. The molecule has 178 valence electrons. The highest BCUT2D eigenvalue weighted by Crippen LogP contribution is 2.12. The third kappa shape index (κ3) is 7.78. The van der Waals surface area contributed by atoms with E-state index in [0.717, 1.165) is 50.4 Å². The Morgan fingerprint density at radius 3 is 2.12 bits per heavy atom. The number of nitrogens with zero attached hydrogens (tertiary/aromatic N) is 2. The lowest BCUT2D eigenvalue weighted by atomic mass is 10.1. The summed E-state index contributed by atoms with van der Waals surface area (Å²) in [6, 6.07) is 14.8. The highest BCUT2D eigenvalue weighted by Gasteiger charge is 2.15. The van der Waals surface area contributed by atoms with Crippen LogP contribution in [0.4, 0.5) is 0 Å². The average molecular weight is 471 g/mol. The van der Waals surface area contributed by atoms with E-state index in [4.69, 9.17) is 0 Å². The van der Waals surface area contributed by atoms with Gasteiger partial charge in [0.1, 0.15) is 0 Å². The fourth-order valence-corrected chi connectivity index (χ4v) is 4.78. The van der Waals surface area contributed by atoms with E-state index >= 15 is 0 Å². The Bertz CT molecular complexity index is 1030. The highest BCUT2D eigenvalue weighted by molar-refractivity contribution is 7.89. The lowest BCUT2D eigenvalue weighted by Crippen LogP contribution is -2.45. The zero-order chi connectivity index (χ0) is 23.7. The van der Waals surface area contributed by atoms with Gasteiger partial charge in [0.25, 0.3) is 0 Å². The molecular weight excluding hydrogens is 436 g/mol. The standard InChI is InChI=1S/C25H34N4O3S/c1-3-27-33(31,32)24-12-9-21(10-13-24)11-14-25(30)26-19-22-5-7-23(8-6-22)20-29-17-15-28(4-2)16-18-29/h5-14,27H,3-4,15-20H2,1-2H3,(H,26,30)/b14-11+. The van der Waals surface area contributed by atoms with Crippen LogP contribution in [0.3, 0.4) is 0 Å². The van der Waals surface area contributed by atoms with E-state index in [0.29, 0.717) is 13.1 Å². The van der Waals surface area contributed by atoms with Crippen molar-refractivity contribution in [3.63, 3.8) is 0 Å². The van der Waals surface area contributed by atoms with Crippen LogP contribution in [0, 0.1) is 0 Å². The second-order valence-corrected chi connectivity index (χ2v) is 9.92. The number of piperazine rings is 1. The molecule has 33 heavy (non-hydrogen) atoms. The maximum atomic E-state index is 12.2. The summed E-state index contributed by atoms with van der Waals surface area (Å²) in [5.41, 5.74) is 3.09. The molecule has 0 bridgehead atoms. The Morgan fingerprint density at radius 2 is 1.52 bits per heavy atom. The van der Waals surface area contributed by atoms with Crippen molar-refractivity contribution in [1.29, 1.82) is 0 Å². The maximum absolute atomic E-state index is 12.2. The number of hydrogen-bond donors (Lipinski definition) is 2. The van der Waals surface area contributed by atoms with Crippen molar-refractivity contribution in [2.24, 2.45) is 0 Å². The minimum atomic E-state index is -3.47. The number of likely N-dealkylation sites (N-methyl/N-ethyl adjacent to an activating group) is 1. The lowest BCUT2D eigenvalue weighted by molar-refractivity contribution is -0.116. The fraction of sp³-hybridized carbons (Fsp3) is 0.400. The van der Waals surface area contributed by atoms with E-state index in [1.165, 1.54) is 23.8 Å². The van der Waals surface area contributed by atoms with Gasteiger partial charge in [0.15, 0.2) is 0 Å². The molecule has 8 heteroatoms. The maximum Gasteiger partial charge on any atom is 0.244 e. The van der Waals surface area contributed by atoms with Crippen LogP contribution in [0.1, 0.15) is 30.5 Å². The molecule has 1 aliphatic heterocycles. The van der Waals surface area contributed by atoms with Gasteiger partial charge in [-0.15, -0.1) is 0 Å². The van der Waals surface area contributed by atoms with Gasteiger partial charge in [-0.25, -0.2) is 13.1 Å². The van der Waals surface area contributed by atoms with Crippen molar-refractivity contribution in [3.05, 3.63) is 71.3 Å². The molecule has 2 N–H and O–H groups in total. The number of amides is 1. The second-order valence-electron chi connectivity index (χ2n) is 8.15. The molecule has 0 aromatic heterocycles. The predicted molar refractivity (Wildman–Crippen MR) is 132 cm³/mol. The van der Waals surface area contributed by atoms with Crippen LogP contribution in [0.5, 0.6) is 0 Å². The van der Waals surface area contributed by atoms with Crippen molar-refractivity contribution in [1.82, 2.24) is 19.8 Å². The SMILES string of the molecule is CCNS(=O)(=O)c1ccc(/C=C/C(=O)NCc2ccc(CN3CCN(CC)CC3)cc2)cc1. The first kappa shape index (κ1) is 25.1. The normalized spacial score (nSPS) is 15.7. The summed E-state index contributed by atoms with van der Waals surface area (Å²) in [6.45, 7) is 11.3. The zero-order valence-electron chi connectivity index (χ0n) is 19.5. The number of carbonyl (C=O) groups is 1. The topological polar surface area (TPSA) is 81.7 Å². The number of carbonyl (C=O) groups excluding carboxylic acids is 1. The molecular formula is C25H34N4O3S. The molecule has 0 spiro atoms. The molecule has 2 aromatic carbocycles. The van der Waals surface area contributed by atoms with Crippen LogP contribution in [0.15, 0.2) is 59.5 Å². The number of rotatable bonds is 10. The Hall–Kier alpha value is -2.52. The van der Waals surface area contributed by atoms with Crippen LogP contribution in [-0.2, 0) is 27.9 Å². The molecule has 1 amide bonds. The van der Waals surface area contributed by atoms with Gasteiger partial charge < -0.3 is 10.2 Å². The van der Waals surface area contributed by atoms with Crippen LogP contribution in [0.25, 0.3) is 6.08 Å². The Balaban J connectivity index is 1.44. The fourth-order valence-electron chi connectivity index (χ4n) is 3.74. The third-order valence-corrected chi connectivity index (χ3v) is 7.32. The number of nitrogens with one attached hydrogen (secondary N) is 2. The quantitative estimate of drug-likeness (QED) is 0.522. The number of sulfonamides is 1. The van der Waals surface area contributed by atoms with Gasteiger partial charge >= 0.3 is 0 Å². The van der Waals surface area contributed by atoms with Gasteiger partial charge in [-0.1, -0.05) is 50.2 Å². The molecule has 1 heterocycles. The molecule has 7 nitrogen and oxygen atoms in total. The second kappa shape index (κ2) is 12.1. The van der Waals surface area contributed by atoms with Gasteiger partial charge in [-0.2, -0.15) is 0 Å². The molecule has 1 saturated heterocycles. The van der Waals surface area contributed by atoms with E-state index in [2.05, 4.69) is 51.0 Å². The van der Waals surface area contributed by atoms with E-state index < -0.39 is 10.0 Å². The third-order valence-electron chi connectivity index (χ3n) is 5.76.